The van der Waals surface area contributed by atoms with Gasteiger partial charge in [-0.25, -0.2) is 0 Å². The molecule has 2 saturated heterocycles. The van der Waals surface area contributed by atoms with Gasteiger partial charge in [0, 0.05) is 52.9 Å². The molecule has 3 rings (SSSR count). The zero-order valence-electron chi connectivity index (χ0n) is 20.1. The molecule has 1 unspecified atom stereocenters. The number of ether oxygens (including phenoxy) is 2. The van der Waals surface area contributed by atoms with Gasteiger partial charge in [-0.3, -0.25) is 14.7 Å². The van der Waals surface area contributed by atoms with Crippen LogP contribution in [0, 0.1) is 0 Å². The van der Waals surface area contributed by atoms with E-state index < -0.39 is 0 Å². The molecule has 2 aliphatic heterocycles. The number of hydrogen-bond donors (Lipinski definition) is 1. The number of guanidine groups is 1. The second-order valence-corrected chi connectivity index (χ2v) is 8.47. The van der Waals surface area contributed by atoms with Crippen molar-refractivity contribution in [3.05, 3.63) is 23.8 Å². The Kier molecular flexibility index (Phi) is 9.02. The predicted octanol–water partition coefficient (Wildman–Crippen LogP) is 2.19. The van der Waals surface area contributed by atoms with Crippen LogP contribution in [0.25, 0.3) is 0 Å². The molecule has 8 heteroatoms. The number of likely N-dealkylation sites (tertiary alicyclic amines) is 1. The fourth-order valence-corrected chi connectivity index (χ4v) is 4.35. The molecular weight excluding hydrogens is 406 g/mol. The Bertz CT molecular complexity index is 771. The highest BCUT2D eigenvalue weighted by Gasteiger charge is 2.30. The molecule has 2 fully saturated rings. The Balaban J connectivity index is 1.50. The van der Waals surface area contributed by atoms with E-state index in [0.29, 0.717) is 13.2 Å². The molecule has 2 heterocycles. The lowest BCUT2D eigenvalue weighted by Crippen LogP contribution is -2.57. The standard InChI is InChI=1S/C24H39N5O3/c1-5-16-32-21-9-8-20(17-22(21)31-4)18-26-24(25-3)29-14-12-27(13-15-29)19(2)23(30)28-10-6-7-11-28/h8-9,17,19H,5-7,10-16,18H2,1-4H3,(H,25,26). The minimum atomic E-state index is -0.0499. The van der Waals surface area contributed by atoms with Gasteiger partial charge in [0.05, 0.1) is 19.8 Å². The molecule has 1 aromatic carbocycles. The first-order valence-electron chi connectivity index (χ1n) is 11.9. The fourth-order valence-electron chi connectivity index (χ4n) is 4.35. The maximum absolute atomic E-state index is 12.7. The highest BCUT2D eigenvalue weighted by Crippen LogP contribution is 2.28. The van der Waals surface area contributed by atoms with Crippen LogP contribution in [0.4, 0.5) is 0 Å². The van der Waals surface area contributed by atoms with E-state index in [4.69, 9.17) is 9.47 Å². The first-order chi connectivity index (χ1) is 15.6. The number of aliphatic imine (C=N–C) groups is 1. The molecule has 0 aromatic heterocycles. The lowest BCUT2D eigenvalue weighted by Gasteiger charge is -2.39. The van der Waals surface area contributed by atoms with E-state index in [9.17, 15) is 4.79 Å². The van der Waals surface area contributed by atoms with Crippen LogP contribution in [0.5, 0.6) is 11.5 Å². The van der Waals surface area contributed by atoms with Gasteiger partial charge in [-0.15, -0.1) is 0 Å². The summed E-state index contributed by atoms with van der Waals surface area (Å²) in [6.45, 7) is 10.7. The number of carbonyl (C=O) groups is 1. The van der Waals surface area contributed by atoms with Crippen molar-refractivity contribution in [1.29, 1.82) is 0 Å². The molecule has 0 aliphatic carbocycles. The number of carbonyl (C=O) groups excluding carboxylic acids is 1. The number of nitrogens with one attached hydrogen (secondary N) is 1. The number of rotatable bonds is 8. The second-order valence-electron chi connectivity index (χ2n) is 8.47. The SMILES string of the molecule is CCCOc1ccc(CNC(=NC)N2CCN(C(C)C(=O)N3CCCC3)CC2)cc1OC. The third-order valence-electron chi connectivity index (χ3n) is 6.29. The lowest BCUT2D eigenvalue weighted by molar-refractivity contribution is -0.135. The Hall–Kier alpha value is -2.48. The van der Waals surface area contributed by atoms with Gasteiger partial charge in [0.1, 0.15) is 0 Å². The average molecular weight is 446 g/mol. The number of nitrogens with zero attached hydrogens (tertiary/aromatic N) is 4. The van der Waals surface area contributed by atoms with Crippen molar-refractivity contribution >= 4 is 11.9 Å². The van der Waals surface area contributed by atoms with Crippen LogP contribution >= 0.6 is 0 Å². The molecule has 32 heavy (non-hydrogen) atoms. The van der Waals surface area contributed by atoms with Gasteiger partial charge in [0.15, 0.2) is 17.5 Å². The monoisotopic (exact) mass is 445 g/mol. The summed E-state index contributed by atoms with van der Waals surface area (Å²) < 4.78 is 11.2. The lowest BCUT2D eigenvalue weighted by atomic mass is 10.2. The van der Waals surface area contributed by atoms with Crippen LogP contribution in [0.2, 0.25) is 0 Å². The number of piperazine rings is 1. The summed E-state index contributed by atoms with van der Waals surface area (Å²) in [7, 11) is 3.48. The Morgan fingerprint density at radius 3 is 2.44 bits per heavy atom. The van der Waals surface area contributed by atoms with E-state index in [-0.39, 0.29) is 11.9 Å². The summed E-state index contributed by atoms with van der Waals surface area (Å²) >= 11 is 0. The predicted molar refractivity (Wildman–Crippen MR) is 127 cm³/mol. The van der Waals surface area contributed by atoms with Crippen LogP contribution in [0.1, 0.15) is 38.7 Å². The highest BCUT2D eigenvalue weighted by molar-refractivity contribution is 5.82. The first kappa shape index (κ1) is 24.2. The van der Waals surface area contributed by atoms with E-state index in [1.807, 2.05) is 31.0 Å². The van der Waals surface area contributed by atoms with Crippen molar-refractivity contribution in [2.75, 3.05) is 60.0 Å². The molecule has 1 amide bonds. The van der Waals surface area contributed by atoms with E-state index in [1.54, 1.807) is 7.11 Å². The van der Waals surface area contributed by atoms with Crippen molar-refractivity contribution in [2.45, 2.75) is 45.7 Å². The van der Waals surface area contributed by atoms with Gasteiger partial charge in [-0.1, -0.05) is 13.0 Å². The van der Waals surface area contributed by atoms with E-state index in [2.05, 4.69) is 33.1 Å². The topological polar surface area (TPSA) is 69.6 Å². The number of benzene rings is 1. The Morgan fingerprint density at radius 2 is 1.81 bits per heavy atom. The zero-order chi connectivity index (χ0) is 22.9. The van der Waals surface area contributed by atoms with Crippen molar-refractivity contribution in [2.24, 2.45) is 4.99 Å². The van der Waals surface area contributed by atoms with Gasteiger partial charge in [0.2, 0.25) is 5.91 Å². The molecule has 1 atom stereocenters. The molecule has 0 bridgehead atoms. The number of methoxy groups -OCH3 is 1. The summed E-state index contributed by atoms with van der Waals surface area (Å²) in [5, 5.41) is 3.47. The average Bonchev–Trinajstić information content (AvgIpc) is 3.38. The molecule has 1 N–H and O–H groups in total. The van der Waals surface area contributed by atoms with Gasteiger partial charge in [-0.05, 0) is 43.9 Å². The normalized spacial score (nSPS) is 18.6. The van der Waals surface area contributed by atoms with Crippen molar-refractivity contribution < 1.29 is 14.3 Å². The first-order valence-corrected chi connectivity index (χ1v) is 11.9. The molecule has 0 radical (unpaired) electrons. The van der Waals surface area contributed by atoms with Crippen LogP contribution in [-0.4, -0.2) is 92.6 Å². The van der Waals surface area contributed by atoms with E-state index in [1.165, 1.54) is 0 Å². The van der Waals surface area contributed by atoms with E-state index >= 15 is 0 Å². The largest absolute Gasteiger partial charge is 0.493 e. The van der Waals surface area contributed by atoms with Crippen LogP contribution < -0.4 is 14.8 Å². The van der Waals surface area contributed by atoms with Gasteiger partial charge in [-0.2, -0.15) is 0 Å². The molecule has 0 saturated carbocycles. The highest BCUT2D eigenvalue weighted by atomic mass is 16.5. The maximum Gasteiger partial charge on any atom is 0.239 e. The summed E-state index contributed by atoms with van der Waals surface area (Å²) in [6.07, 6.45) is 3.23. The maximum atomic E-state index is 12.7. The molecule has 178 valence electrons. The minimum absolute atomic E-state index is 0.0499. The van der Waals surface area contributed by atoms with E-state index in [0.717, 1.165) is 81.6 Å². The third kappa shape index (κ3) is 6.06. The fraction of sp³-hybridized carbons (Fsp3) is 0.667. The molecule has 1 aromatic rings. The summed E-state index contributed by atoms with van der Waals surface area (Å²) in [5.74, 6) is 2.68. The van der Waals surface area contributed by atoms with Crippen molar-refractivity contribution in [3.8, 4) is 11.5 Å². The summed E-state index contributed by atoms with van der Waals surface area (Å²) in [4.78, 5) is 23.8. The van der Waals surface area contributed by atoms with Gasteiger partial charge >= 0.3 is 0 Å². The zero-order valence-corrected chi connectivity index (χ0v) is 20.1. The van der Waals surface area contributed by atoms with Crippen LogP contribution in [-0.2, 0) is 11.3 Å². The second kappa shape index (κ2) is 11.9. The van der Waals surface area contributed by atoms with Crippen molar-refractivity contribution in [1.82, 2.24) is 20.0 Å². The Morgan fingerprint density at radius 1 is 1.09 bits per heavy atom. The molecule has 2 aliphatic rings. The van der Waals surface area contributed by atoms with Gasteiger partial charge < -0.3 is 24.6 Å². The quantitative estimate of drug-likeness (QED) is 0.489. The molecular formula is C24H39N5O3. The molecule has 0 spiro atoms. The smallest absolute Gasteiger partial charge is 0.239 e. The van der Waals surface area contributed by atoms with Crippen molar-refractivity contribution in [3.63, 3.8) is 0 Å². The number of hydrogen-bond acceptors (Lipinski definition) is 5. The number of amides is 1. The third-order valence-corrected chi connectivity index (χ3v) is 6.29. The van der Waals surface area contributed by atoms with Gasteiger partial charge in [0.25, 0.3) is 0 Å². The van der Waals surface area contributed by atoms with Crippen LogP contribution in [0.3, 0.4) is 0 Å². The van der Waals surface area contributed by atoms with Crippen LogP contribution in [0.15, 0.2) is 23.2 Å². The minimum Gasteiger partial charge on any atom is -0.493 e. The summed E-state index contributed by atoms with van der Waals surface area (Å²) in [5.41, 5.74) is 1.11. The summed E-state index contributed by atoms with van der Waals surface area (Å²) in [6, 6.07) is 5.98. The Labute approximate surface area is 192 Å². The molecule has 8 nitrogen and oxygen atoms in total.